The lowest BCUT2D eigenvalue weighted by atomic mass is 10.0. The van der Waals surface area contributed by atoms with Crippen LogP contribution in [0.5, 0.6) is 0 Å². The molecule has 5 heteroatoms. The maximum atomic E-state index is 4.56. The van der Waals surface area contributed by atoms with Crippen molar-refractivity contribution in [1.82, 2.24) is 19.7 Å². The van der Waals surface area contributed by atoms with Crippen LogP contribution in [-0.4, -0.2) is 32.8 Å². The molecule has 1 atom stereocenters. The maximum Gasteiger partial charge on any atom is 0.168 e. The molecule has 2 aromatic heterocycles. The second-order valence-electron chi connectivity index (χ2n) is 6.52. The van der Waals surface area contributed by atoms with E-state index in [-0.39, 0.29) is 0 Å². The number of hydrogen-bond donors (Lipinski definition) is 0. The summed E-state index contributed by atoms with van der Waals surface area (Å²) >= 11 is 0. The molecule has 4 rings (SSSR count). The van der Waals surface area contributed by atoms with Gasteiger partial charge in [-0.2, -0.15) is 5.10 Å². The van der Waals surface area contributed by atoms with Crippen LogP contribution in [-0.2, 0) is 0 Å². The van der Waals surface area contributed by atoms with Crippen molar-refractivity contribution < 1.29 is 0 Å². The molecule has 1 aliphatic heterocycles. The number of hydrogen-bond acceptors (Lipinski definition) is 4. The van der Waals surface area contributed by atoms with Crippen molar-refractivity contribution in [3.8, 4) is 5.69 Å². The zero-order chi connectivity index (χ0) is 15.8. The summed E-state index contributed by atoms with van der Waals surface area (Å²) in [6.07, 6.45) is 6.07. The van der Waals surface area contributed by atoms with Crippen LogP contribution in [0.1, 0.15) is 25.3 Å². The first-order valence-electron chi connectivity index (χ1n) is 8.23. The van der Waals surface area contributed by atoms with E-state index in [1.165, 1.54) is 18.4 Å². The van der Waals surface area contributed by atoms with Gasteiger partial charge in [0.15, 0.2) is 5.65 Å². The average molecular weight is 307 g/mol. The first-order valence-corrected chi connectivity index (χ1v) is 8.23. The Morgan fingerprint density at radius 2 is 1.96 bits per heavy atom. The third-order valence-electron chi connectivity index (χ3n) is 4.58. The molecule has 118 valence electrons. The molecule has 0 N–H and O–H groups in total. The first-order chi connectivity index (χ1) is 11.2. The number of piperidine rings is 1. The van der Waals surface area contributed by atoms with E-state index in [1.807, 2.05) is 10.9 Å². The minimum Gasteiger partial charge on any atom is -0.356 e. The van der Waals surface area contributed by atoms with E-state index < -0.39 is 0 Å². The topological polar surface area (TPSA) is 46.8 Å². The van der Waals surface area contributed by atoms with E-state index in [2.05, 4.69) is 58.1 Å². The van der Waals surface area contributed by atoms with Gasteiger partial charge >= 0.3 is 0 Å². The Morgan fingerprint density at radius 3 is 2.74 bits per heavy atom. The summed E-state index contributed by atoms with van der Waals surface area (Å²) in [4.78, 5) is 11.4. The normalized spacial score (nSPS) is 18.5. The summed E-state index contributed by atoms with van der Waals surface area (Å²) in [5.41, 5.74) is 3.14. The Kier molecular flexibility index (Phi) is 3.48. The van der Waals surface area contributed by atoms with E-state index >= 15 is 0 Å². The number of benzene rings is 1. The Hall–Kier alpha value is -2.43. The highest BCUT2D eigenvalue weighted by Crippen LogP contribution is 2.28. The van der Waals surface area contributed by atoms with Crippen LogP contribution in [0, 0.1) is 12.8 Å². The molecule has 1 unspecified atom stereocenters. The summed E-state index contributed by atoms with van der Waals surface area (Å²) < 4.78 is 1.90. The van der Waals surface area contributed by atoms with Gasteiger partial charge in [-0.1, -0.05) is 24.6 Å². The zero-order valence-electron chi connectivity index (χ0n) is 13.6. The highest BCUT2D eigenvalue weighted by atomic mass is 15.3. The van der Waals surface area contributed by atoms with Crippen LogP contribution in [0.2, 0.25) is 0 Å². The lowest BCUT2D eigenvalue weighted by molar-refractivity contribution is 0.445. The van der Waals surface area contributed by atoms with Gasteiger partial charge < -0.3 is 4.90 Å². The van der Waals surface area contributed by atoms with Crippen molar-refractivity contribution in [2.75, 3.05) is 18.0 Å². The summed E-state index contributed by atoms with van der Waals surface area (Å²) in [6.45, 7) is 6.51. The third kappa shape index (κ3) is 2.56. The van der Waals surface area contributed by atoms with Gasteiger partial charge in [-0.3, -0.25) is 0 Å². The molecule has 3 heterocycles. The highest BCUT2D eigenvalue weighted by Gasteiger charge is 2.21. The fourth-order valence-electron chi connectivity index (χ4n) is 3.34. The quantitative estimate of drug-likeness (QED) is 0.728. The van der Waals surface area contributed by atoms with Crippen molar-refractivity contribution in [1.29, 1.82) is 0 Å². The molecule has 23 heavy (non-hydrogen) atoms. The zero-order valence-corrected chi connectivity index (χ0v) is 13.6. The molecule has 3 aromatic rings. The second-order valence-corrected chi connectivity index (χ2v) is 6.52. The number of rotatable bonds is 2. The molecule has 0 bridgehead atoms. The molecular weight excluding hydrogens is 286 g/mol. The molecule has 5 nitrogen and oxygen atoms in total. The van der Waals surface area contributed by atoms with Crippen LogP contribution >= 0.6 is 0 Å². The maximum absolute atomic E-state index is 4.56. The number of aromatic nitrogens is 4. The van der Waals surface area contributed by atoms with E-state index in [9.17, 15) is 0 Å². The fraction of sp³-hybridized carbons (Fsp3) is 0.389. The predicted molar refractivity (Wildman–Crippen MR) is 92.0 cm³/mol. The molecule has 1 aliphatic rings. The third-order valence-corrected chi connectivity index (χ3v) is 4.58. The molecular formula is C18H21N5. The fourth-order valence-corrected chi connectivity index (χ4v) is 3.34. The summed E-state index contributed by atoms with van der Waals surface area (Å²) in [7, 11) is 0. The minimum absolute atomic E-state index is 0.709. The Bertz CT molecular complexity index is 821. The van der Waals surface area contributed by atoms with Gasteiger partial charge in [0.25, 0.3) is 0 Å². The van der Waals surface area contributed by atoms with Gasteiger partial charge in [0, 0.05) is 13.1 Å². The first kappa shape index (κ1) is 14.2. The summed E-state index contributed by atoms with van der Waals surface area (Å²) in [5.74, 6) is 1.72. The molecule has 0 spiro atoms. The van der Waals surface area contributed by atoms with Crippen molar-refractivity contribution in [3.05, 3.63) is 42.4 Å². The molecule has 0 aliphatic carbocycles. The van der Waals surface area contributed by atoms with Gasteiger partial charge in [0.1, 0.15) is 12.1 Å². The van der Waals surface area contributed by atoms with Crippen LogP contribution in [0.3, 0.4) is 0 Å². The Morgan fingerprint density at radius 1 is 1.13 bits per heavy atom. The lowest BCUT2D eigenvalue weighted by Gasteiger charge is -2.31. The average Bonchev–Trinajstić information content (AvgIpc) is 2.99. The smallest absolute Gasteiger partial charge is 0.168 e. The number of aryl methyl sites for hydroxylation is 1. The molecule has 0 radical (unpaired) electrons. The highest BCUT2D eigenvalue weighted by molar-refractivity contribution is 5.87. The Labute approximate surface area is 136 Å². The van der Waals surface area contributed by atoms with Gasteiger partial charge in [0.2, 0.25) is 0 Å². The predicted octanol–water partition coefficient (Wildman–Crippen LogP) is 3.36. The number of nitrogens with zero attached hydrogens (tertiary/aromatic N) is 5. The monoisotopic (exact) mass is 307 g/mol. The van der Waals surface area contributed by atoms with Crippen LogP contribution < -0.4 is 4.90 Å². The summed E-state index contributed by atoms with van der Waals surface area (Å²) in [6, 6.07) is 8.34. The molecule has 1 fully saturated rings. The largest absolute Gasteiger partial charge is 0.356 e. The van der Waals surface area contributed by atoms with Crippen LogP contribution in [0.4, 0.5) is 5.82 Å². The molecule has 0 amide bonds. The number of fused-ring (bicyclic) bond motifs is 1. The minimum atomic E-state index is 0.709. The molecule has 0 saturated carbocycles. The number of anilines is 1. The standard InChI is InChI=1S/C18H21N5/c1-13-5-7-15(8-6-13)23-18-16(10-21-23)17(19-12-20-18)22-9-3-4-14(2)11-22/h5-8,10,12,14H,3-4,9,11H2,1-2H3. The van der Waals surface area contributed by atoms with Crippen molar-refractivity contribution in [3.63, 3.8) is 0 Å². The molecule has 1 saturated heterocycles. The van der Waals surface area contributed by atoms with E-state index in [0.29, 0.717) is 5.92 Å². The van der Waals surface area contributed by atoms with Crippen LogP contribution in [0.25, 0.3) is 16.7 Å². The van der Waals surface area contributed by atoms with E-state index in [0.717, 1.165) is 35.6 Å². The molecule has 1 aromatic carbocycles. The van der Waals surface area contributed by atoms with Gasteiger partial charge in [-0.25, -0.2) is 14.6 Å². The van der Waals surface area contributed by atoms with Gasteiger partial charge in [-0.15, -0.1) is 0 Å². The van der Waals surface area contributed by atoms with Crippen molar-refractivity contribution in [2.45, 2.75) is 26.7 Å². The van der Waals surface area contributed by atoms with E-state index in [1.54, 1.807) is 6.33 Å². The van der Waals surface area contributed by atoms with Gasteiger partial charge in [-0.05, 0) is 37.8 Å². The van der Waals surface area contributed by atoms with Crippen LogP contribution in [0.15, 0.2) is 36.8 Å². The second kappa shape index (κ2) is 5.65. The summed E-state index contributed by atoms with van der Waals surface area (Å²) in [5, 5.41) is 5.59. The van der Waals surface area contributed by atoms with Gasteiger partial charge in [0.05, 0.1) is 17.3 Å². The van der Waals surface area contributed by atoms with E-state index in [4.69, 9.17) is 0 Å². The SMILES string of the molecule is Cc1ccc(-n2ncc3c(N4CCCC(C)C4)ncnc32)cc1. The lowest BCUT2D eigenvalue weighted by Crippen LogP contribution is -2.34. The van der Waals surface area contributed by atoms with Crippen molar-refractivity contribution >= 4 is 16.9 Å². The van der Waals surface area contributed by atoms with Crippen molar-refractivity contribution in [2.24, 2.45) is 5.92 Å². The Balaban J connectivity index is 1.78.